The van der Waals surface area contributed by atoms with Gasteiger partial charge in [0.1, 0.15) is 0 Å². The largest absolute Gasteiger partial charge is 0.469 e. The van der Waals surface area contributed by atoms with Crippen molar-refractivity contribution in [3.63, 3.8) is 0 Å². The summed E-state index contributed by atoms with van der Waals surface area (Å²) in [6.07, 6.45) is 2.50. The Bertz CT molecular complexity index is 422. The van der Waals surface area contributed by atoms with E-state index in [0.717, 1.165) is 32.4 Å². The van der Waals surface area contributed by atoms with E-state index in [0.29, 0.717) is 0 Å². The van der Waals surface area contributed by atoms with E-state index in [9.17, 15) is 4.79 Å². The van der Waals surface area contributed by atoms with Gasteiger partial charge < -0.3 is 10.1 Å². The molecule has 0 saturated carbocycles. The number of esters is 1. The van der Waals surface area contributed by atoms with Crippen molar-refractivity contribution in [1.29, 1.82) is 0 Å². The van der Waals surface area contributed by atoms with Crippen molar-refractivity contribution in [2.45, 2.75) is 26.2 Å². The lowest BCUT2D eigenvalue weighted by Gasteiger charge is -2.35. The second kappa shape index (κ2) is 5.53. The summed E-state index contributed by atoms with van der Waals surface area (Å²) in [6.45, 7) is 3.88. The molecular formula is C15H21NO2. The smallest absolute Gasteiger partial charge is 0.312 e. The van der Waals surface area contributed by atoms with E-state index >= 15 is 0 Å². The molecule has 1 aromatic carbocycles. The van der Waals surface area contributed by atoms with Crippen molar-refractivity contribution in [2.24, 2.45) is 5.41 Å². The van der Waals surface area contributed by atoms with Crippen molar-refractivity contribution in [2.75, 3.05) is 20.2 Å². The Morgan fingerprint density at radius 2 is 2.00 bits per heavy atom. The summed E-state index contributed by atoms with van der Waals surface area (Å²) < 4.78 is 5.04. The van der Waals surface area contributed by atoms with Gasteiger partial charge in [0, 0.05) is 0 Å². The topological polar surface area (TPSA) is 38.3 Å². The molecule has 0 radical (unpaired) electrons. The second-order valence-electron chi connectivity index (χ2n) is 5.13. The molecule has 0 bridgehead atoms. The molecule has 0 aromatic heterocycles. The van der Waals surface area contributed by atoms with E-state index in [1.54, 1.807) is 0 Å². The third-order valence-electron chi connectivity index (χ3n) is 3.97. The van der Waals surface area contributed by atoms with Crippen LogP contribution in [0.1, 0.15) is 24.0 Å². The minimum Gasteiger partial charge on any atom is -0.469 e. The van der Waals surface area contributed by atoms with Gasteiger partial charge in [0.15, 0.2) is 0 Å². The number of carbonyl (C=O) groups excluding carboxylic acids is 1. The summed E-state index contributed by atoms with van der Waals surface area (Å²) in [5, 5.41) is 3.31. The van der Waals surface area contributed by atoms with Crippen LogP contribution in [-0.2, 0) is 16.0 Å². The van der Waals surface area contributed by atoms with Gasteiger partial charge in [-0.15, -0.1) is 0 Å². The lowest BCUT2D eigenvalue weighted by atomic mass is 9.73. The zero-order chi connectivity index (χ0) is 13.0. The van der Waals surface area contributed by atoms with Crippen LogP contribution in [0.2, 0.25) is 0 Å². The molecule has 0 aliphatic carbocycles. The highest BCUT2D eigenvalue weighted by molar-refractivity contribution is 5.77. The molecule has 98 valence electrons. The first-order valence-corrected chi connectivity index (χ1v) is 6.52. The van der Waals surface area contributed by atoms with Gasteiger partial charge in [-0.2, -0.15) is 0 Å². The number of carbonyl (C=O) groups is 1. The second-order valence-corrected chi connectivity index (χ2v) is 5.13. The standard InChI is InChI=1S/C15H21NO2/c1-12-5-3-4-6-13(12)11-15(14(17)18-2)7-9-16-10-8-15/h3-6,16H,7-11H2,1-2H3. The van der Waals surface area contributed by atoms with E-state index in [-0.39, 0.29) is 11.4 Å². The van der Waals surface area contributed by atoms with Crippen LogP contribution in [0.15, 0.2) is 24.3 Å². The molecule has 1 aliphatic rings. The van der Waals surface area contributed by atoms with E-state index < -0.39 is 0 Å². The summed E-state index contributed by atoms with van der Waals surface area (Å²) in [7, 11) is 1.49. The van der Waals surface area contributed by atoms with Gasteiger partial charge in [-0.05, 0) is 50.4 Å². The van der Waals surface area contributed by atoms with E-state index in [4.69, 9.17) is 4.74 Å². The molecular weight excluding hydrogens is 226 g/mol. The van der Waals surface area contributed by atoms with Crippen molar-refractivity contribution < 1.29 is 9.53 Å². The first-order chi connectivity index (χ1) is 8.68. The number of ether oxygens (including phenoxy) is 1. The third kappa shape index (κ3) is 2.56. The zero-order valence-corrected chi connectivity index (χ0v) is 11.2. The fraction of sp³-hybridized carbons (Fsp3) is 0.533. The van der Waals surface area contributed by atoms with Crippen LogP contribution in [0.3, 0.4) is 0 Å². The molecule has 0 amide bonds. The maximum Gasteiger partial charge on any atom is 0.312 e. The van der Waals surface area contributed by atoms with Crippen LogP contribution in [0.4, 0.5) is 0 Å². The molecule has 1 aromatic rings. The number of methoxy groups -OCH3 is 1. The van der Waals surface area contributed by atoms with Crippen molar-refractivity contribution in [1.82, 2.24) is 5.32 Å². The summed E-state index contributed by atoms with van der Waals surface area (Å²) in [6, 6.07) is 8.28. The molecule has 2 rings (SSSR count). The van der Waals surface area contributed by atoms with Gasteiger partial charge in [-0.1, -0.05) is 24.3 Å². The first-order valence-electron chi connectivity index (χ1n) is 6.52. The van der Waals surface area contributed by atoms with Crippen LogP contribution in [0.25, 0.3) is 0 Å². The SMILES string of the molecule is COC(=O)C1(Cc2ccccc2C)CCNCC1. The number of rotatable bonds is 3. The van der Waals surface area contributed by atoms with Gasteiger partial charge >= 0.3 is 5.97 Å². The number of hydrogen-bond acceptors (Lipinski definition) is 3. The molecule has 18 heavy (non-hydrogen) atoms. The number of hydrogen-bond donors (Lipinski definition) is 1. The van der Waals surface area contributed by atoms with Crippen LogP contribution in [0, 0.1) is 12.3 Å². The fourth-order valence-electron chi connectivity index (χ4n) is 2.75. The van der Waals surface area contributed by atoms with Crippen molar-refractivity contribution >= 4 is 5.97 Å². The Balaban J connectivity index is 2.25. The van der Waals surface area contributed by atoms with Crippen LogP contribution in [-0.4, -0.2) is 26.2 Å². The molecule has 0 spiro atoms. The Labute approximate surface area is 109 Å². The van der Waals surface area contributed by atoms with E-state index in [1.165, 1.54) is 18.2 Å². The Morgan fingerprint density at radius 3 is 2.61 bits per heavy atom. The van der Waals surface area contributed by atoms with Crippen molar-refractivity contribution in [3.05, 3.63) is 35.4 Å². The monoisotopic (exact) mass is 247 g/mol. The number of benzene rings is 1. The maximum atomic E-state index is 12.2. The Morgan fingerprint density at radius 1 is 1.33 bits per heavy atom. The molecule has 1 saturated heterocycles. The average molecular weight is 247 g/mol. The highest BCUT2D eigenvalue weighted by atomic mass is 16.5. The summed E-state index contributed by atoms with van der Waals surface area (Å²) in [5.74, 6) is -0.0627. The summed E-state index contributed by atoms with van der Waals surface area (Å²) in [5.41, 5.74) is 2.16. The van der Waals surface area contributed by atoms with Gasteiger partial charge in [-0.3, -0.25) is 4.79 Å². The number of aryl methyl sites for hydroxylation is 1. The molecule has 1 heterocycles. The highest BCUT2D eigenvalue weighted by Gasteiger charge is 2.40. The number of nitrogens with one attached hydrogen (secondary N) is 1. The molecule has 1 N–H and O–H groups in total. The maximum absolute atomic E-state index is 12.2. The van der Waals surface area contributed by atoms with E-state index in [1.807, 2.05) is 12.1 Å². The van der Waals surface area contributed by atoms with Gasteiger partial charge in [0.05, 0.1) is 12.5 Å². The van der Waals surface area contributed by atoms with Crippen LogP contribution < -0.4 is 5.32 Å². The van der Waals surface area contributed by atoms with Crippen molar-refractivity contribution in [3.8, 4) is 0 Å². The van der Waals surface area contributed by atoms with Gasteiger partial charge in [0.25, 0.3) is 0 Å². The lowest BCUT2D eigenvalue weighted by Crippen LogP contribution is -2.44. The van der Waals surface area contributed by atoms with Gasteiger partial charge in [0.2, 0.25) is 0 Å². The summed E-state index contributed by atoms with van der Waals surface area (Å²) >= 11 is 0. The zero-order valence-electron chi connectivity index (χ0n) is 11.2. The molecule has 1 fully saturated rings. The highest BCUT2D eigenvalue weighted by Crippen LogP contribution is 2.35. The quantitative estimate of drug-likeness (QED) is 0.831. The average Bonchev–Trinajstić information content (AvgIpc) is 2.41. The first kappa shape index (κ1) is 13.1. The molecule has 3 nitrogen and oxygen atoms in total. The van der Waals surface area contributed by atoms with E-state index in [2.05, 4.69) is 24.4 Å². The predicted octanol–water partition coefficient (Wildman–Crippen LogP) is 2.08. The Kier molecular flexibility index (Phi) is 4.02. The Hall–Kier alpha value is -1.35. The predicted molar refractivity (Wildman–Crippen MR) is 71.4 cm³/mol. The normalized spacial score (nSPS) is 18.3. The molecule has 3 heteroatoms. The van der Waals surface area contributed by atoms with Crippen LogP contribution in [0.5, 0.6) is 0 Å². The fourth-order valence-corrected chi connectivity index (χ4v) is 2.75. The third-order valence-corrected chi connectivity index (χ3v) is 3.97. The summed E-state index contributed by atoms with van der Waals surface area (Å²) in [4.78, 5) is 12.2. The lowest BCUT2D eigenvalue weighted by molar-refractivity contribution is -0.154. The van der Waals surface area contributed by atoms with Crippen LogP contribution >= 0.6 is 0 Å². The van der Waals surface area contributed by atoms with Gasteiger partial charge in [-0.25, -0.2) is 0 Å². The molecule has 1 aliphatic heterocycles. The minimum absolute atomic E-state index is 0.0627. The number of piperidine rings is 1. The molecule has 0 unspecified atom stereocenters. The molecule has 0 atom stereocenters. The minimum atomic E-state index is -0.341.